The maximum atomic E-state index is 13.3. The van der Waals surface area contributed by atoms with Crippen LogP contribution in [-0.4, -0.2) is 57.3 Å². The lowest BCUT2D eigenvalue weighted by Crippen LogP contribution is -2.47. The van der Waals surface area contributed by atoms with Crippen LogP contribution in [0.4, 0.5) is 0 Å². The molecule has 2 saturated heterocycles. The first-order chi connectivity index (χ1) is 15.2. The Morgan fingerprint density at radius 2 is 1.81 bits per heavy atom. The molecule has 2 fully saturated rings. The molecule has 5 heteroatoms. The summed E-state index contributed by atoms with van der Waals surface area (Å²) in [5.41, 5.74) is 3.13. The molecule has 1 amide bonds. The van der Waals surface area contributed by atoms with E-state index in [2.05, 4.69) is 46.6 Å². The average molecular weight is 423 g/mol. The number of amides is 1. The van der Waals surface area contributed by atoms with Crippen molar-refractivity contribution in [3.8, 4) is 16.9 Å². The number of nitrogens with zero attached hydrogens (tertiary/aromatic N) is 1. The van der Waals surface area contributed by atoms with Crippen molar-refractivity contribution in [2.45, 2.75) is 32.1 Å². The molecule has 0 atom stereocenters. The van der Waals surface area contributed by atoms with Crippen LogP contribution in [0.25, 0.3) is 11.1 Å². The van der Waals surface area contributed by atoms with Crippen LogP contribution in [0.5, 0.6) is 5.75 Å². The Hall–Kier alpha value is -2.37. The van der Waals surface area contributed by atoms with Gasteiger partial charge in [-0.05, 0) is 74.0 Å². The fourth-order valence-corrected chi connectivity index (χ4v) is 4.80. The Bertz CT molecular complexity index is 853. The van der Waals surface area contributed by atoms with E-state index in [9.17, 15) is 4.79 Å². The quantitative estimate of drug-likeness (QED) is 0.701. The number of carbonyl (C=O) groups is 1. The smallest absolute Gasteiger partial charge is 0.226 e. The van der Waals surface area contributed by atoms with Gasteiger partial charge in [0.1, 0.15) is 5.75 Å². The van der Waals surface area contributed by atoms with Crippen molar-refractivity contribution >= 4 is 5.91 Å². The molecule has 0 unspecified atom stereocenters. The number of methoxy groups -OCH3 is 1. The minimum absolute atomic E-state index is 0.185. The van der Waals surface area contributed by atoms with E-state index >= 15 is 0 Å². The predicted molar refractivity (Wildman–Crippen MR) is 123 cm³/mol. The predicted octanol–water partition coefficient (Wildman–Crippen LogP) is 3.91. The van der Waals surface area contributed by atoms with E-state index < -0.39 is 0 Å². The van der Waals surface area contributed by atoms with E-state index in [-0.39, 0.29) is 11.3 Å². The normalized spacial score (nSPS) is 18.6. The Morgan fingerprint density at radius 1 is 1.06 bits per heavy atom. The van der Waals surface area contributed by atoms with Crippen LogP contribution in [0.1, 0.15) is 31.2 Å². The molecule has 166 valence electrons. The van der Waals surface area contributed by atoms with Gasteiger partial charge in [-0.2, -0.15) is 0 Å². The van der Waals surface area contributed by atoms with Gasteiger partial charge in [0.15, 0.2) is 0 Å². The zero-order chi connectivity index (χ0) is 21.5. The first kappa shape index (κ1) is 21.8. The first-order valence-corrected chi connectivity index (χ1v) is 11.5. The summed E-state index contributed by atoms with van der Waals surface area (Å²) in [6.45, 7) is 5.30. The average Bonchev–Trinajstić information content (AvgIpc) is 3.33. The van der Waals surface area contributed by atoms with Crippen LogP contribution in [0.2, 0.25) is 0 Å². The number of hydrogen-bond donors (Lipinski definition) is 1. The zero-order valence-corrected chi connectivity index (χ0v) is 18.6. The Balaban J connectivity index is 1.46. The van der Waals surface area contributed by atoms with Gasteiger partial charge >= 0.3 is 0 Å². The monoisotopic (exact) mass is 422 g/mol. The van der Waals surface area contributed by atoms with Gasteiger partial charge < -0.3 is 19.7 Å². The van der Waals surface area contributed by atoms with Gasteiger partial charge in [-0.15, -0.1) is 0 Å². The van der Waals surface area contributed by atoms with Gasteiger partial charge in [-0.3, -0.25) is 4.79 Å². The minimum atomic E-state index is -0.387. The molecule has 0 radical (unpaired) electrons. The molecule has 1 N–H and O–H groups in total. The van der Waals surface area contributed by atoms with Gasteiger partial charge in [0.05, 0.1) is 12.5 Å². The number of nitrogens with one attached hydrogen (secondary N) is 1. The highest BCUT2D eigenvalue weighted by Crippen LogP contribution is 2.36. The van der Waals surface area contributed by atoms with Crippen molar-refractivity contribution in [2.24, 2.45) is 5.41 Å². The fourth-order valence-electron chi connectivity index (χ4n) is 4.80. The van der Waals surface area contributed by atoms with Gasteiger partial charge in [-0.1, -0.05) is 36.4 Å². The molecule has 0 spiro atoms. The van der Waals surface area contributed by atoms with E-state index in [0.717, 1.165) is 62.3 Å². The first-order valence-electron chi connectivity index (χ1n) is 11.5. The molecular formula is C26H34N2O3. The van der Waals surface area contributed by atoms with Gasteiger partial charge in [0.2, 0.25) is 5.91 Å². The highest BCUT2D eigenvalue weighted by Gasteiger charge is 2.40. The topological polar surface area (TPSA) is 50.8 Å². The third kappa shape index (κ3) is 5.46. The summed E-state index contributed by atoms with van der Waals surface area (Å²) < 4.78 is 10.9. The van der Waals surface area contributed by atoms with Crippen LogP contribution in [-0.2, 0) is 16.0 Å². The molecule has 0 saturated carbocycles. The molecule has 4 rings (SSSR count). The molecule has 2 heterocycles. The highest BCUT2D eigenvalue weighted by atomic mass is 16.5. The molecule has 31 heavy (non-hydrogen) atoms. The van der Waals surface area contributed by atoms with Crippen LogP contribution < -0.4 is 10.1 Å². The summed E-state index contributed by atoms with van der Waals surface area (Å²) in [5.74, 6) is 1.04. The number of benzene rings is 2. The SMILES string of the molecule is COc1ccc(-c2cccc(CC3(C(=O)NCCN4CCCC4)CCOCC3)c2)cc1. The van der Waals surface area contributed by atoms with Crippen LogP contribution >= 0.6 is 0 Å². The van der Waals surface area contributed by atoms with Crippen molar-refractivity contribution in [1.82, 2.24) is 10.2 Å². The van der Waals surface area contributed by atoms with Crippen LogP contribution in [0.15, 0.2) is 48.5 Å². The summed E-state index contributed by atoms with van der Waals surface area (Å²) in [4.78, 5) is 15.8. The molecule has 0 aliphatic carbocycles. The number of hydrogen-bond acceptors (Lipinski definition) is 4. The third-order valence-corrected chi connectivity index (χ3v) is 6.74. The number of ether oxygens (including phenoxy) is 2. The van der Waals surface area contributed by atoms with Crippen molar-refractivity contribution in [2.75, 3.05) is 46.5 Å². The molecule has 2 aliphatic heterocycles. The van der Waals surface area contributed by atoms with E-state index in [1.165, 1.54) is 18.4 Å². The van der Waals surface area contributed by atoms with Crippen molar-refractivity contribution in [3.63, 3.8) is 0 Å². The molecule has 2 aliphatic rings. The molecular weight excluding hydrogens is 388 g/mol. The highest BCUT2D eigenvalue weighted by molar-refractivity contribution is 5.83. The molecule has 0 aromatic heterocycles. The Labute approximate surface area is 185 Å². The van der Waals surface area contributed by atoms with E-state index in [0.29, 0.717) is 13.2 Å². The standard InChI is InChI=1S/C26H34N2O3/c1-30-24-9-7-22(8-10-24)23-6-4-5-21(19-23)20-26(11-17-31-18-12-26)25(29)27-13-16-28-14-2-3-15-28/h4-10,19H,2-3,11-18,20H2,1H3,(H,27,29). The number of carbonyl (C=O) groups excluding carboxylic acids is 1. The van der Waals surface area contributed by atoms with E-state index in [1.54, 1.807) is 7.11 Å². The largest absolute Gasteiger partial charge is 0.497 e. The van der Waals surface area contributed by atoms with Crippen molar-refractivity contribution in [1.29, 1.82) is 0 Å². The van der Waals surface area contributed by atoms with Gasteiger partial charge in [0, 0.05) is 26.3 Å². The summed E-state index contributed by atoms with van der Waals surface area (Å²) >= 11 is 0. The van der Waals surface area contributed by atoms with Crippen molar-refractivity contribution < 1.29 is 14.3 Å². The molecule has 2 aromatic rings. The maximum Gasteiger partial charge on any atom is 0.226 e. The summed E-state index contributed by atoms with van der Waals surface area (Å²) in [5, 5.41) is 3.25. The third-order valence-electron chi connectivity index (χ3n) is 6.74. The summed E-state index contributed by atoms with van der Waals surface area (Å²) in [6.07, 6.45) is 4.85. The molecule has 5 nitrogen and oxygen atoms in total. The second kappa shape index (κ2) is 10.3. The van der Waals surface area contributed by atoms with Gasteiger partial charge in [-0.25, -0.2) is 0 Å². The van der Waals surface area contributed by atoms with Crippen molar-refractivity contribution in [3.05, 3.63) is 54.1 Å². The summed E-state index contributed by atoms with van der Waals surface area (Å²) in [7, 11) is 1.68. The minimum Gasteiger partial charge on any atom is -0.497 e. The number of rotatable bonds is 8. The maximum absolute atomic E-state index is 13.3. The Morgan fingerprint density at radius 3 is 2.52 bits per heavy atom. The van der Waals surface area contributed by atoms with Crippen LogP contribution in [0.3, 0.4) is 0 Å². The van der Waals surface area contributed by atoms with Crippen LogP contribution in [0, 0.1) is 5.41 Å². The zero-order valence-electron chi connectivity index (χ0n) is 18.6. The van der Waals surface area contributed by atoms with Gasteiger partial charge in [0.25, 0.3) is 0 Å². The Kier molecular flexibility index (Phi) is 7.25. The van der Waals surface area contributed by atoms with E-state index in [4.69, 9.17) is 9.47 Å². The lowest BCUT2D eigenvalue weighted by molar-refractivity contribution is -0.136. The second-order valence-electron chi connectivity index (χ2n) is 8.80. The fraction of sp³-hybridized carbons (Fsp3) is 0.500. The lowest BCUT2D eigenvalue weighted by atomic mass is 9.74. The summed E-state index contributed by atoms with van der Waals surface area (Å²) in [6, 6.07) is 16.7. The molecule has 0 bridgehead atoms. The van der Waals surface area contributed by atoms with E-state index in [1.807, 2.05) is 12.1 Å². The molecule has 2 aromatic carbocycles. The number of likely N-dealkylation sites (tertiary alicyclic amines) is 1. The second-order valence-corrected chi connectivity index (χ2v) is 8.80. The lowest BCUT2D eigenvalue weighted by Gasteiger charge is -2.36.